The summed E-state index contributed by atoms with van der Waals surface area (Å²) in [4.78, 5) is 4.42. The topological polar surface area (TPSA) is 101 Å². The van der Waals surface area contributed by atoms with Gasteiger partial charge in [0.2, 0.25) is 5.89 Å². The predicted molar refractivity (Wildman–Crippen MR) is 77.8 cm³/mol. The number of H-pyrrole nitrogens is 1. The Hall–Kier alpha value is -2.69. The van der Waals surface area contributed by atoms with Crippen LogP contribution in [0.1, 0.15) is 11.5 Å². The molecule has 8 heteroatoms. The molecular weight excluding hydrogens is 306 g/mol. The number of rotatable bonds is 4. The molecule has 0 bridgehead atoms. The highest BCUT2D eigenvalue weighted by atomic mass is 35.5. The van der Waals surface area contributed by atoms with E-state index in [4.69, 9.17) is 26.0 Å². The third kappa shape index (κ3) is 2.57. The molecule has 0 radical (unpaired) electrons. The molecule has 0 amide bonds. The van der Waals surface area contributed by atoms with Crippen LogP contribution in [0.15, 0.2) is 28.7 Å². The number of hydrogen-bond donors (Lipinski definition) is 1. The number of hydrogen-bond acceptors (Lipinski definition) is 6. The minimum atomic E-state index is 0.147. The molecule has 7 nitrogen and oxygen atoms in total. The van der Waals surface area contributed by atoms with Crippen LogP contribution >= 0.6 is 11.6 Å². The van der Waals surface area contributed by atoms with E-state index >= 15 is 0 Å². The lowest BCUT2D eigenvalue weighted by atomic mass is 10.2. The zero-order valence-electron chi connectivity index (χ0n) is 11.5. The molecule has 1 aromatic carbocycles. The molecule has 3 rings (SSSR count). The van der Waals surface area contributed by atoms with Gasteiger partial charge in [-0.15, -0.1) is 5.10 Å². The van der Waals surface area contributed by atoms with Crippen molar-refractivity contribution in [3.63, 3.8) is 0 Å². The van der Waals surface area contributed by atoms with Crippen molar-refractivity contribution in [1.82, 2.24) is 20.4 Å². The number of oxazole rings is 1. The van der Waals surface area contributed by atoms with E-state index in [1.807, 2.05) is 6.07 Å². The third-order valence-corrected chi connectivity index (χ3v) is 3.19. The molecule has 1 N–H and O–H groups in total. The van der Waals surface area contributed by atoms with Crippen LogP contribution < -0.4 is 0 Å². The lowest BCUT2D eigenvalue weighted by Crippen LogP contribution is -1.91. The molecule has 0 atom stereocenters. The quantitative estimate of drug-likeness (QED) is 0.794. The number of halogens is 1. The van der Waals surface area contributed by atoms with Crippen molar-refractivity contribution in [3.8, 4) is 28.9 Å². The second-order valence-corrected chi connectivity index (χ2v) is 4.80. The molecule has 0 aliphatic carbocycles. The summed E-state index contributed by atoms with van der Waals surface area (Å²) in [5.74, 6) is 0.864. The Balaban J connectivity index is 2.10. The molecule has 0 aliphatic heterocycles. The van der Waals surface area contributed by atoms with E-state index in [0.717, 1.165) is 5.56 Å². The summed E-state index contributed by atoms with van der Waals surface area (Å²) in [7, 11) is 1.54. The van der Waals surface area contributed by atoms with E-state index in [-0.39, 0.29) is 12.3 Å². The lowest BCUT2D eigenvalue weighted by Gasteiger charge is -1.96. The minimum Gasteiger partial charge on any atom is -0.438 e. The molecule has 3 aromatic rings. The number of methoxy groups -OCH3 is 1. The Labute approximate surface area is 130 Å². The van der Waals surface area contributed by atoms with Gasteiger partial charge < -0.3 is 9.15 Å². The molecule has 0 saturated carbocycles. The van der Waals surface area contributed by atoms with Crippen LogP contribution in [0.3, 0.4) is 0 Å². The van der Waals surface area contributed by atoms with Crippen molar-refractivity contribution < 1.29 is 9.15 Å². The van der Waals surface area contributed by atoms with E-state index in [9.17, 15) is 0 Å². The Kier molecular flexibility index (Phi) is 3.87. The van der Waals surface area contributed by atoms with E-state index in [1.165, 1.54) is 0 Å². The Morgan fingerprint density at radius 2 is 2.05 bits per heavy atom. The SMILES string of the molecule is COCc1oc(-c2ccc(Cl)cc2)nc1-c1n[nH]nc1C#N. The maximum Gasteiger partial charge on any atom is 0.227 e. The number of aromatic nitrogens is 4. The highest BCUT2D eigenvalue weighted by molar-refractivity contribution is 6.30. The smallest absolute Gasteiger partial charge is 0.227 e. The second-order valence-electron chi connectivity index (χ2n) is 4.36. The van der Waals surface area contributed by atoms with Crippen molar-refractivity contribution in [2.24, 2.45) is 0 Å². The van der Waals surface area contributed by atoms with Crippen molar-refractivity contribution >= 4 is 11.6 Å². The molecule has 110 valence electrons. The fraction of sp³-hybridized carbons (Fsp3) is 0.143. The number of nitriles is 1. The van der Waals surface area contributed by atoms with Crippen molar-refractivity contribution in [2.45, 2.75) is 6.61 Å². The van der Waals surface area contributed by atoms with Gasteiger partial charge in [-0.25, -0.2) is 4.98 Å². The van der Waals surface area contributed by atoms with Gasteiger partial charge in [-0.2, -0.15) is 15.6 Å². The number of benzene rings is 1. The first-order valence-electron chi connectivity index (χ1n) is 6.28. The molecular formula is C14H10ClN5O2. The summed E-state index contributed by atoms with van der Waals surface area (Å²) in [6.07, 6.45) is 0. The van der Waals surface area contributed by atoms with Crippen LogP contribution in [0.25, 0.3) is 22.8 Å². The normalized spacial score (nSPS) is 10.6. The monoisotopic (exact) mass is 315 g/mol. The van der Waals surface area contributed by atoms with Crippen LogP contribution in [0.4, 0.5) is 0 Å². The standard InChI is InChI=1S/C14H10ClN5O2/c1-21-7-11-13(12-10(6-16)18-20-19-12)17-14(22-11)8-2-4-9(15)5-3-8/h2-5H,7H2,1H3,(H,18,19,20). The van der Waals surface area contributed by atoms with E-state index in [0.29, 0.717) is 28.1 Å². The van der Waals surface area contributed by atoms with Crippen molar-refractivity contribution in [3.05, 3.63) is 40.7 Å². The van der Waals surface area contributed by atoms with Crippen LogP contribution in [0.2, 0.25) is 5.02 Å². The largest absolute Gasteiger partial charge is 0.438 e. The first-order chi connectivity index (χ1) is 10.7. The summed E-state index contributed by atoms with van der Waals surface area (Å²) in [5, 5.41) is 19.8. The Bertz CT molecular complexity index is 832. The van der Waals surface area contributed by atoms with Gasteiger partial charge >= 0.3 is 0 Å². The Morgan fingerprint density at radius 1 is 1.27 bits per heavy atom. The predicted octanol–water partition coefficient (Wildman–Crippen LogP) is 2.80. The summed E-state index contributed by atoms with van der Waals surface area (Å²) < 4.78 is 10.8. The molecule has 2 heterocycles. The van der Waals surface area contributed by atoms with E-state index < -0.39 is 0 Å². The molecule has 2 aromatic heterocycles. The third-order valence-electron chi connectivity index (χ3n) is 2.94. The maximum atomic E-state index is 9.07. The summed E-state index contributed by atoms with van der Waals surface area (Å²) in [6.45, 7) is 0.202. The van der Waals surface area contributed by atoms with Crippen LogP contribution in [0, 0.1) is 11.3 Å². The Morgan fingerprint density at radius 3 is 2.73 bits per heavy atom. The van der Waals surface area contributed by atoms with Gasteiger partial charge in [0.1, 0.15) is 18.4 Å². The molecule has 0 fully saturated rings. The molecule has 22 heavy (non-hydrogen) atoms. The highest BCUT2D eigenvalue weighted by Gasteiger charge is 2.21. The molecule has 0 spiro atoms. The fourth-order valence-electron chi connectivity index (χ4n) is 1.96. The minimum absolute atomic E-state index is 0.147. The summed E-state index contributed by atoms with van der Waals surface area (Å²) in [6, 6.07) is 9.03. The van der Waals surface area contributed by atoms with Crippen molar-refractivity contribution in [1.29, 1.82) is 5.26 Å². The average molecular weight is 316 g/mol. The lowest BCUT2D eigenvalue weighted by molar-refractivity contribution is 0.165. The zero-order valence-corrected chi connectivity index (χ0v) is 12.3. The summed E-state index contributed by atoms with van der Waals surface area (Å²) in [5.41, 5.74) is 1.67. The van der Waals surface area contributed by atoms with E-state index in [2.05, 4.69) is 20.4 Å². The second kappa shape index (κ2) is 5.97. The zero-order chi connectivity index (χ0) is 15.5. The van der Waals surface area contributed by atoms with Gasteiger partial charge in [-0.3, -0.25) is 0 Å². The number of nitrogens with zero attached hydrogens (tertiary/aromatic N) is 4. The van der Waals surface area contributed by atoms with Gasteiger partial charge in [0.15, 0.2) is 17.1 Å². The van der Waals surface area contributed by atoms with Gasteiger partial charge in [0.05, 0.1) is 0 Å². The maximum absolute atomic E-state index is 9.07. The number of aromatic amines is 1. The van der Waals surface area contributed by atoms with E-state index in [1.54, 1.807) is 31.4 Å². The fourth-order valence-corrected chi connectivity index (χ4v) is 2.08. The van der Waals surface area contributed by atoms with Crippen LogP contribution in [0.5, 0.6) is 0 Å². The molecule has 0 unspecified atom stereocenters. The number of nitrogens with one attached hydrogen (secondary N) is 1. The van der Waals surface area contributed by atoms with Crippen LogP contribution in [-0.4, -0.2) is 27.5 Å². The van der Waals surface area contributed by atoms with Gasteiger partial charge in [0.25, 0.3) is 0 Å². The first-order valence-corrected chi connectivity index (χ1v) is 6.66. The highest BCUT2D eigenvalue weighted by Crippen LogP contribution is 2.30. The number of ether oxygens (including phenoxy) is 1. The van der Waals surface area contributed by atoms with Gasteiger partial charge in [0, 0.05) is 17.7 Å². The first kappa shape index (κ1) is 14.3. The van der Waals surface area contributed by atoms with Crippen molar-refractivity contribution in [2.75, 3.05) is 7.11 Å². The molecule has 0 saturated heterocycles. The van der Waals surface area contributed by atoms with Gasteiger partial charge in [-0.1, -0.05) is 11.6 Å². The van der Waals surface area contributed by atoms with Gasteiger partial charge in [-0.05, 0) is 24.3 Å². The molecule has 0 aliphatic rings. The van der Waals surface area contributed by atoms with Crippen LogP contribution in [-0.2, 0) is 11.3 Å². The summed E-state index contributed by atoms with van der Waals surface area (Å²) >= 11 is 5.88. The average Bonchev–Trinajstić information content (AvgIpc) is 3.14.